The number of ether oxygens (including phenoxy) is 1. The molecular formula is C15H15F3I3NO4S. The Morgan fingerprint density at radius 3 is 2.33 bits per heavy atom. The Labute approximate surface area is 196 Å². The number of hydrogen-bond acceptors (Lipinski definition) is 4. The topological polar surface area (TPSA) is 72.5 Å². The lowest BCUT2D eigenvalue weighted by molar-refractivity contribution is -0.0454. The van der Waals surface area contributed by atoms with Crippen LogP contribution in [0.3, 0.4) is 0 Å². The quantitative estimate of drug-likeness (QED) is 0.259. The summed E-state index contributed by atoms with van der Waals surface area (Å²) < 4.78 is 69.4. The molecule has 1 aliphatic carbocycles. The van der Waals surface area contributed by atoms with Crippen LogP contribution in [0.2, 0.25) is 0 Å². The van der Waals surface area contributed by atoms with Crippen LogP contribution in [0.4, 0.5) is 13.2 Å². The smallest absolute Gasteiger partial charge is 0.455 e. The average molecular weight is 743 g/mol. The van der Waals surface area contributed by atoms with Crippen LogP contribution in [0.5, 0.6) is 0 Å². The fraction of sp³-hybridized carbons (Fsp3) is 0.533. The number of halogens is 6. The molecule has 1 aromatic rings. The van der Waals surface area contributed by atoms with Gasteiger partial charge in [0.05, 0.1) is 5.56 Å². The van der Waals surface area contributed by atoms with Crippen molar-refractivity contribution in [1.82, 2.24) is 4.72 Å². The van der Waals surface area contributed by atoms with Gasteiger partial charge in [-0.25, -0.2) is 17.9 Å². The second kappa shape index (κ2) is 9.16. The highest BCUT2D eigenvalue weighted by molar-refractivity contribution is 14.1. The van der Waals surface area contributed by atoms with Crippen LogP contribution in [0.25, 0.3) is 0 Å². The SMILES string of the molecule is O=C(OC1(CCNS(=O)(=O)C(F)(F)F)CCCC1)c1cc(I)cc(I)c1I. The third kappa shape index (κ3) is 6.04. The van der Waals surface area contributed by atoms with Gasteiger partial charge in [-0.3, -0.25) is 0 Å². The van der Waals surface area contributed by atoms with Crippen LogP contribution < -0.4 is 4.72 Å². The highest BCUT2D eigenvalue weighted by Gasteiger charge is 2.46. The van der Waals surface area contributed by atoms with Gasteiger partial charge in [0.2, 0.25) is 0 Å². The van der Waals surface area contributed by atoms with Gasteiger partial charge in [0.1, 0.15) is 5.60 Å². The molecule has 5 nitrogen and oxygen atoms in total. The number of alkyl halides is 3. The summed E-state index contributed by atoms with van der Waals surface area (Å²) in [6, 6.07) is 3.61. The summed E-state index contributed by atoms with van der Waals surface area (Å²) in [4.78, 5) is 12.7. The van der Waals surface area contributed by atoms with E-state index >= 15 is 0 Å². The number of rotatable bonds is 6. The van der Waals surface area contributed by atoms with Crippen molar-refractivity contribution in [3.05, 3.63) is 28.4 Å². The van der Waals surface area contributed by atoms with Crippen LogP contribution in [-0.2, 0) is 14.8 Å². The van der Waals surface area contributed by atoms with Gasteiger partial charge in [-0.15, -0.1) is 0 Å². The molecule has 2 rings (SSSR count). The lowest BCUT2D eigenvalue weighted by atomic mass is 9.97. The zero-order chi connectivity index (χ0) is 20.5. The van der Waals surface area contributed by atoms with Crippen LogP contribution in [-0.4, -0.2) is 32.0 Å². The molecule has 27 heavy (non-hydrogen) atoms. The van der Waals surface area contributed by atoms with Crippen molar-refractivity contribution < 1.29 is 31.1 Å². The predicted octanol–water partition coefficient (Wildman–Crippen LogP) is 4.80. The van der Waals surface area contributed by atoms with Crippen molar-refractivity contribution in [2.75, 3.05) is 6.54 Å². The first-order valence-corrected chi connectivity index (χ1v) is 12.5. The lowest BCUT2D eigenvalue weighted by Crippen LogP contribution is -2.41. The van der Waals surface area contributed by atoms with Crippen molar-refractivity contribution in [3.8, 4) is 0 Å². The normalized spacial score (nSPS) is 17.1. The van der Waals surface area contributed by atoms with Gasteiger partial charge >= 0.3 is 21.5 Å². The minimum atomic E-state index is -5.41. The third-order valence-electron chi connectivity index (χ3n) is 4.21. The maximum atomic E-state index is 12.7. The number of sulfonamides is 1. The van der Waals surface area contributed by atoms with E-state index in [-0.39, 0.29) is 6.42 Å². The van der Waals surface area contributed by atoms with Crippen LogP contribution >= 0.6 is 67.8 Å². The molecule has 12 heteroatoms. The maximum absolute atomic E-state index is 12.7. The molecule has 0 unspecified atom stereocenters. The molecule has 1 N–H and O–H groups in total. The summed E-state index contributed by atoms with van der Waals surface area (Å²) in [5, 5.41) is 0. The van der Waals surface area contributed by atoms with Crippen molar-refractivity contribution in [2.24, 2.45) is 0 Å². The van der Waals surface area contributed by atoms with Crippen LogP contribution in [0.15, 0.2) is 12.1 Å². The Bertz CT molecular complexity index is 824. The van der Waals surface area contributed by atoms with E-state index in [0.717, 1.165) is 23.6 Å². The van der Waals surface area contributed by atoms with E-state index in [4.69, 9.17) is 4.74 Å². The number of benzene rings is 1. The monoisotopic (exact) mass is 743 g/mol. The highest BCUT2D eigenvalue weighted by Crippen LogP contribution is 2.37. The Kier molecular flexibility index (Phi) is 8.09. The summed E-state index contributed by atoms with van der Waals surface area (Å²) in [6.45, 7) is -0.448. The maximum Gasteiger partial charge on any atom is 0.511 e. The van der Waals surface area contributed by atoms with Gasteiger partial charge in [0, 0.05) is 23.7 Å². The van der Waals surface area contributed by atoms with Gasteiger partial charge < -0.3 is 4.74 Å². The van der Waals surface area contributed by atoms with E-state index < -0.39 is 33.6 Å². The second-order valence-electron chi connectivity index (χ2n) is 6.12. The molecule has 152 valence electrons. The molecule has 1 aliphatic rings. The van der Waals surface area contributed by atoms with E-state index in [0.29, 0.717) is 18.4 Å². The first-order chi connectivity index (χ1) is 12.4. The van der Waals surface area contributed by atoms with Gasteiger partial charge in [-0.05, 0) is 106 Å². The van der Waals surface area contributed by atoms with Crippen molar-refractivity contribution in [1.29, 1.82) is 0 Å². The zero-order valence-electron chi connectivity index (χ0n) is 13.7. The standard InChI is InChI=1S/C15H15F3I3NO4S/c16-15(17,18)27(24,25)22-6-5-14(3-1-2-4-14)26-13(23)10-7-9(19)8-11(20)12(10)21/h7-8,22H,1-6H2. The highest BCUT2D eigenvalue weighted by atomic mass is 127. The molecule has 0 atom stereocenters. The molecule has 0 heterocycles. The molecular weight excluding hydrogens is 728 g/mol. The van der Waals surface area contributed by atoms with Gasteiger partial charge in [0.25, 0.3) is 0 Å². The summed E-state index contributed by atoms with van der Waals surface area (Å²) >= 11 is 6.25. The van der Waals surface area contributed by atoms with E-state index in [2.05, 4.69) is 45.2 Å². The molecule has 0 saturated heterocycles. The third-order valence-corrected chi connectivity index (χ3v) is 9.08. The first-order valence-electron chi connectivity index (χ1n) is 7.81. The number of carbonyl (C=O) groups excluding carboxylic acids is 1. The lowest BCUT2D eigenvalue weighted by Gasteiger charge is -2.29. The average Bonchev–Trinajstić information content (AvgIpc) is 2.97. The second-order valence-corrected chi connectivity index (χ2v) is 11.4. The fourth-order valence-corrected chi connectivity index (χ4v) is 5.78. The van der Waals surface area contributed by atoms with Gasteiger partial charge in [-0.2, -0.15) is 13.2 Å². The van der Waals surface area contributed by atoms with Crippen molar-refractivity contribution in [3.63, 3.8) is 0 Å². The Morgan fingerprint density at radius 2 is 1.78 bits per heavy atom. The van der Waals surface area contributed by atoms with Crippen LogP contribution in [0, 0.1) is 10.7 Å². The largest absolute Gasteiger partial charge is 0.511 e. The summed E-state index contributed by atoms with van der Waals surface area (Å²) in [5.74, 6) is -0.545. The Balaban J connectivity index is 2.12. The Hall–Kier alpha value is 0.580. The van der Waals surface area contributed by atoms with Crippen molar-refractivity contribution >= 4 is 83.8 Å². The molecule has 0 bridgehead atoms. The van der Waals surface area contributed by atoms with Crippen molar-refractivity contribution in [2.45, 2.75) is 43.2 Å². The number of nitrogens with one attached hydrogen (secondary N) is 1. The Morgan fingerprint density at radius 1 is 1.19 bits per heavy atom. The zero-order valence-corrected chi connectivity index (χ0v) is 21.0. The van der Waals surface area contributed by atoms with E-state index in [9.17, 15) is 26.4 Å². The summed E-state index contributed by atoms with van der Waals surface area (Å²) in [6.07, 6.45) is 2.50. The van der Waals surface area contributed by atoms with E-state index in [1.165, 1.54) is 0 Å². The molecule has 0 aliphatic heterocycles. The van der Waals surface area contributed by atoms with Gasteiger partial charge in [0.15, 0.2) is 0 Å². The number of carbonyl (C=O) groups is 1. The van der Waals surface area contributed by atoms with E-state index in [1.807, 2.05) is 28.7 Å². The first kappa shape index (κ1) is 23.9. The van der Waals surface area contributed by atoms with Gasteiger partial charge in [-0.1, -0.05) is 0 Å². The summed E-state index contributed by atoms with van der Waals surface area (Å²) in [5.41, 5.74) is -5.92. The predicted molar refractivity (Wildman–Crippen MR) is 119 cm³/mol. The molecule has 0 amide bonds. The molecule has 1 saturated carbocycles. The summed E-state index contributed by atoms with van der Waals surface area (Å²) in [7, 11) is -5.41. The molecule has 0 aromatic heterocycles. The molecule has 0 spiro atoms. The minimum Gasteiger partial charge on any atom is -0.455 e. The molecule has 0 radical (unpaired) electrons. The minimum absolute atomic E-state index is 0.00829. The number of hydrogen-bond donors (Lipinski definition) is 1. The van der Waals surface area contributed by atoms with Crippen LogP contribution in [0.1, 0.15) is 42.5 Å². The molecule has 1 aromatic carbocycles. The molecule has 1 fully saturated rings. The van der Waals surface area contributed by atoms with E-state index in [1.54, 1.807) is 10.8 Å². The number of esters is 1. The fourth-order valence-electron chi connectivity index (χ4n) is 2.87.